The Kier molecular flexibility index (Phi) is 4.90. The Morgan fingerprint density at radius 3 is 2.38 bits per heavy atom. The summed E-state index contributed by atoms with van der Waals surface area (Å²) in [6, 6.07) is 17.3. The fourth-order valence-electron chi connectivity index (χ4n) is 2.97. The lowest BCUT2D eigenvalue weighted by Gasteiger charge is -2.14. The van der Waals surface area contributed by atoms with E-state index in [1.54, 1.807) is 6.20 Å². The van der Waals surface area contributed by atoms with Gasteiger partial charge in [0.25, 0.3) is 5.91 Å². The van der Waals surface area contributed by atoms with E-state index in [2.05, 4.69) is 44.1 Å². The number of benzene rings is 2. The fourth-order valence-corrected chi connectivity index (χ4v) is 2.97. The average molecular weight is 344 g/mol. The zero-order valence-electron chi connectivity index (χ0n) is 15.7. The quantitative estimate of drug-likeness (QED) is 0.639. The highest BCUT2D eigenvalue weighted by Gasteiger charge is 2.09. The number of nitrogens with zero attached hydrogens (tertiary/aromatic N) is 1. The largest absolute Gasteiger partial charge is 0.322 e. The second-order valence-corrected chi connectivity index (χ2v) is 7.64. The third-order valence-electron chi connectivity index (χ3n) is 4.11. The van der Waals surface area contributed by atoms with E-state index in [4.69, 9.17) is 0 Å². The van der Waals surface area contributed by atoms with Crippen molar-refractivity contribution in [2.24, 2.45) is 5.41 Å². The summed E-state index contributed by atoms with van der Waals surface area (Å²) in [5, 5.41) is 3.96. The van der Waals surface area contributed by atoms with Crippen LogP contribution in [0.5, 0.6) is 0 Å². The molecule has 0 bridgehead atoms. The molecule has 132 valence electrons. The highest BCUT2D eigenvalue weighted by Crippen LogP contribution is 2.24. The van der Waals surface area contributed by atoms with Crippen LogP contribution in [0.25, 0.3) is 16.5 Å². The molecule has 1 aromatic heterocycles. The normalized spacial score (nSPS) is 12.2. The summed E-state index contributed by atoms with van der Waals surface area (Å²) in [4.78, 5) is 16.8. The molecule has 0 aliphatic carbocycles. The number of carbonyl (C=O) groups excluding carboxylic acids is 1. The number of carbonyl (C=O) groups is 1. The Hall–Kier alpha value is -2.94. The summed E-state index contributed by atoms with van der Waals surface area (Å²) < 4.78 is 0. The summed E-state index contributed by atoms with van der Waals surface area (Å²) in [6.45, 7) is 8.63. The van der Waals surface area contributed by atoms with Crippen LogP contribution in [0.15, 0.2) is 66.9 Å². The van der Waals surface area contributed by atoms with Gasteiger partial charge in [0, 0.05) is 22.8 Å². The number of amides is 1. The zero-order chi connectivity index (χ0) is 18.7. The van der Waals surface area contributed by atoms with Crippen LogP contribution >= 0.6 is 0 Å². The van der Waals surface area contributed by atoms with E-state index in [9.17, 15) is 4.79 Å². The first-order valence-electron chi connectivity index (χ1n) is 8.78. The zero-order valence-corrected chi connectivity index (χ0v) is 15.7. The molecular formula is C23H24N2O. The van der Waals surface area contributed by atoms with Crippen molar-refractivity contribution in [2.45, 2.75) is 27.7 Å². The maximum Gasteiger partial charge on any atom is 0.255 e. The van der Waals surface area contributed by atoms with Crippen molar-refractivity contribution >= 4 is 28.1 Å². The minimum Gasteiger partial charge on any atom is -0.322 e. The van der Waals surface area contributed by atoms with E-state index in [1.807, 2.05) is 54.6 Å². The van der Waals surface area contributed by atoms with Gasteiger partial charge in [-0.15, -0.1) is 0 Å². The van der Waals surface area contributed by atoms with Crippen molar-refractivity contribution in [3.63, 3.8) is 0 Å². The Bertz CT molecular complexity index is 963. The van der Waals surface area contributed by atoms with Crippen molar-refractivity contribution in [1.82, 2.24) is 4.98 Å². The number of anilines is 1. The molecule has 3 aromatic rings. The van der Waals surface area contributed by atoms with Gasteiger partial charge in [0.15, 0.2) is 0 Å². The molecule has 2 aromatic carbocycles. The maximum atomic E-state index is 12.5. The minimum absolute atomic E-state index is 0.114. The van der Waals surface area contributed by atoms with E-state index in [-0.39, 0.29) is 11.3 Å². The minimum atomic E-state index is -0.114. The summed E-state index contributed by atoms with van der Waals surface area (Å²) in [7, 11) is 0. The van der Waals surface area contributed by atoms with Gasteiger partial charge in [-0.25, -0.2) is 0 Å². The summed E-state index contributed by atoms with van der Waals surface area (Å²) in [6.07, 6.45) is 4.00. The number of aromatic nitrogens is 1. The highest BCUT2D eigenvalue weighted by molar-refractivity contribution is 6.05. The Morgan fingerprint density at radius 2 is 1.69 bits per heavy atom. The summed E-state index contributed by atoms with van der Waals surface area (Å²) in [5.74, 6) is -0.114. The number of rotatable bonds is 3. The molecule has 0 saturated heterocycles. The van der Waals surface area contributed by atoms with Gasteiger partial charge in [0.1, 0.15) is 0 Å². The van der Waals surface area contributed by atoms with Gasteiger partial charge in [-0.05, 0) is 59.9 Å². The van der Waals surface area contributed by atoms with Crippen molar-refractivity contribution in [3.05, 3.63) is 78.0 Å². The molecule has 0 fully saturated rings. The number of hydrogen-bond acceptors (Lipinski definition) is 2. The van der Waals surface area contributed by atoms with Crippen LogP contribution < -0.4 is 5.32 Å². The lowest BCUT2D eigenvalue weighted by atomic mass is 9.91. The predicted octanol–water partition coefficient (Wildman–Crippen LogP) is 5.94. The van der Waals surface area contributed by atoms with Gasteiger partial charge in [0.2, 0.25) is 0 Å². The number of hydrogen-bond donors (Lipinski definition) is 1. The molecule has 3 rings (SSSR count). The Balaban J connectivity index is 1.76. The topological polar surface area (TPSA) is 42.0 Å². The van der Waals surface area contributed by atoms with Crippen LogP contribution in [0.1, 0.15) is 43.6 Å². The van der Waals surface area contributed by atoms with E-state index < -0.39 is 0 Å². The second-order valence-electron chi connectivity index (χ2n) is 7.64. The van der Waals surface area contributed by atoms with E-state index in [0.717, 1.165) is 22.2 Å². The van der Waals surface area contributed by atoms with Gasteiger partial charge in [0.05, 0.1) is 5.52 Å². The van der Waals surface area contributed by atoms with Crippen LogP contribution in [-0.4, -0.2) is 10.9 Å². The van der Waals surface area contributed by atoms with Crippen LogP contribution in [0.3, 0.4) is 0 Å². The van der Waals surface area contributed by atoms with E-state index in [0.29, 0.717) is 5.56 Å². The number of pyridine rings is 1. The lowest BCUT2D eigenvalue weighted by molar-refractivity contribution is 0.102. The monoisotopic (exact) mass is 344 g/mol. The fraction of sp³-hybridized carbons (Fsp3) is 0.217. The van der Waals surface area contributed by atoms with Gasteiger partial charge >= 0.3 is 0 Å². The number of fused-ring (bicyclic) bond motifs is 1. The first kappa shape index (κ1) is 17.9. The predicted molar refractivity (Wildman–Crippen MR) is 109 cm³/mol. The average Bonchev–Trinajstić information content (AvgIpc) is 2.60. The molecule has 0 unspecified atom stereocenters. The molecule has 0 aliphatic heterocycles. The van der Waals surface area contributed by atoms with Crippen LogP contribution in [0.2, 0.25) is 0 Å². The lowest BCUT2D eigenvalue weighted by Crippen LogP contribution is -2.11. The molecule has 1 N–H and O–H groups in total. The van der Waals surface area contributed by atoms with E-state index >= 15 is 0 Å². The SMILES string of the molecule is CC(=CC(C)(C)C)c1ccc(C(=O)Nc2ccc3ncccc3c2)cc1. The summed E-state index contributed by atoms with van der Waals surface area (Å²) >= 11 is 0. The number of allylic oxidation sites excluding steroid dienone is 2. The molecule has 0 aliphatic rings. The molecule has 3 heteroatoms. The van der Waals surface area contributed by atoms with E-state index in [1.165, 1.54) is 5.57 Å². The molecular weight excluding hydrogens is 320 g/mol. The Morgan fingerprint density at radius 1 is 1.00 bits per heavy atom. The van der Waals surface area contributed by atoms with Crippen molar-refractivity contribution < 1.29 is 4.79 Å². The van der Waals surface area contributed by atoms with Crippen LogP contribution in [-0.2, 0) is 0 Å². The van der Waals surface area contributed by atoms with Gasteiger partial charge in [-0.2, -0.15) is 0 Å². The first-order chi connectivity index (χ1) is 12.3. The van der Waals surface area contributed by atoms with Gasteiger partial charge in [-0.3, -0.25) is 9.78 Å². The first-order valence-corrected chi connectivity index (χ1v) is 8.78. The van der Waals surface area contributed by atoms with Gasteiger partial charge < -0.3 is 5.32 Å². The maximum absolute atomic E-state index is 12.5. The van der Waals surface area contributed by atoms with Crippen molar-refractivity contribution in [2.75, 3.05) is 5.32 Å². The second kappa shape index (κ2) is 7.12. The molecule has 0 atom stereocenters. The van der Waals surface area contributed by atoms with Crippen molar-refractivity contribution in [3.8, 4) is 0 Å². The standard InChI is InChI=1S/C23H24N2O/c1-16(15-23(2,3)4)17-7-9-18(10-8-17)22(26)25-20-11-12-21-19(14-20)6-5-13-24-21/h5-15H,1-4H3,(H,25,26). The molecule has 1 amide bonds. The molecule has 0 saturated carbocycles. The molecule has 0 spiro atoms. The molecule has 0 radical (unpaired) electrons. The molecule has 26 heavy (non-hydrogen) atoms. The third-order valence-corrected chi connectivity index (χ3v) is 4.11. The molecule has 3 nitrogen and oxygen atoms in total. The summed E-state index contributed by atoms with van der Waals surface area (Å²) in [5.41, 5.74) is 4.80. The number of nitrogens with one attached hydrogen (secondary N) is 1. The van der Waals surface area contributed by atoms with Crippen molar-refractivity contribution in [1.29, 1.82) is 0 Å². The van der Waals surface area contributed by atoms with Crippen LogP contribution in [0, 0.1) is 5.41 Å². The van der Waals surface area contributed by atoms with Gasteiger partial charge in [-0.1, -0.05) is 45.0 Å². The molecule has 1 heterocycles. The highest BCUT2D eigenvalue weighted by atomic mass is 16.1. The van der Waals surface area contributed by atoms with Crippen LogP contribution in [0.4, 0.5) is 5.69 Å². The third kappa shape index (κ3) is 4.37. The smallest absolute Gasteiger partial charge is 0.255 e. The Labute approximate surface area is 154 Å².